The lowest BCUT2D eigenvalue weighted by Gasteiger charge is -2.13. The van der Waals surface area contributed by atoms with Crippen LogP contribution in [0.15, 0.2) is 0 Å². The Morgan fingerprint density at radius 3 is 2.06 bits per heavy atom. The zero-order chi connectivity index (χ0) is 12.5. The summed E-state index contributed by atoms with van der Waals surface area (Å²) < 4.78 is 1.96. The second kappa shape index (κ2) is 4.89. The third-order valence-electron chi connectivity index (χ3n) is 3.06. The molecule has 0 saturated carbocycles. The monoisotopic (exact) mass is 224 g/mol. The molecule has 1 N–H and O–H groups in total. The number of hydrogen-bond acceptors (Lipinski definition) is 2. The molecule has 1 atom stereocenters. The Labute approximate surface area is 98.5 Å². The van der Waals surface area contributed by atoms with Gasteiger partial charge in [0, 0.05) is 12.0 Å². The molecule has 0 saturated heterocycles. The number of aromatic nitrogens is 2. The third-order valence-corrected chi connectivity index (χ3v) is 3.06. The Morgan fingerprint density at radius 1 is 1.19 bits per heavy atom. The Kier molecular flexibility index (Phi) is 4.00. The number of nitrogens with zero attached hydrogens (tertiary/aromatic N) is 2. The first-order valence-electron chi connectivity index (χ1n) is 6.21. The Morgan fingerprint density at radius 2 is 1.75 bits per heavy atom. The first-order valence-corrected chi connectivity index (χ1v) is 6.21. The highest BCUT2D eigenvalue weighted by molar-refractivity contribution is 5.36. The van der Waals surface area contributed by atoms with Crippen molar-refractivity contribution < 1.29 is 5.11 Å². The van der Waals surface area contributed by atoms with Crippen LogP contribution >= 0.6 is 0 Å². The summed E-state index contributed by atoms with van der Waals surface area (Å²) in [6.07, 6.45) is 1.00. The molecule has 0 aliphatic carbocycles. The predicted molar refractivity (Wildman–Crippen MR) is 67.1 cm³/mol. The molecule has 0 aromatic carbocycles. The molecule has 16 heavy (non-hydrogen) atoms. The van der Waals surface area contributed by atoms with Gasteiger partial charge in [0.15, 0.2) is 5.75 Å². The van der Waals surface area contributed by atoms with E-state index in [1.54, 1.807) is 0 Å². The number of rotatable bonds is 4. The van der Waals surface area contributed by atoms with Crippen LogP contribution in [0, 0.1) is 0 Å². The van der Waals surface area contributed by atoms with Gasteiger partial charge in [0.05, 0.1) is 5.69 Å². The van der Waals surface area contributed by atoms with E-state index in [1.165, 1.54) is 0 Å². The van der Waals surface area contributed by atoms with E-state index >= 15 is 0 Å². The Balaban J connectivity index is 3.30. The molecule has 1 heterocycles. The van der Waals surface area contributed by atoms with Gasteiger partial charge in [-0.25, -0.2) is 0 Å². The highest BCUT2D eigenvalue weighted by atomic mass is 16.3. The zero-order valence-electron chi connectivity index (χ0n) is 11.3. The second-order valence-electron chi connectivity index (χ2n) is 5.12. The summed E-state index contributed by atoms with van der Waals surface area (Å²) >= 11 is 0. The topological polar surface area (TPSA) is 38.0 Å². The molecule has 0 radical (unpaired) electrons. The van der Waals surface area contributed by atoms with Crippen molar-refractivity contribution in [3.8, 4) is 5.75 Å². The highest BCUT2D eigenvalue weighted by Gasteiger charge is 2.23. The van der Waals surface area contributed by atoms with Gasteiger partial charge in [0.2, 0.25) is 0 Å². The highest BCUT2D eigenvalue weighted by Crippen LogP contribution is 2.35. The summed E-state index contributed by atoms with van der Waals surface area (Å²) in [7, 11) is 0. The van der Waals surface area contributed by atoms with Gasteiger partial charge >= 0.3 is 0 Å². The van der Waals surface area contributed by atoms with Gasteiger partial charge in [-0.05, 0) is 26.2 Å². The molecule has 0 aliphatic rings. The molecule has 92 valence electrons. The molecule has 1 rings (SSSR count). The van der Waals surface area contributed by atoms with Crippen LogP contribution in [-0.2, 0) is 0 Å². The van der Waals surface area contributed by atoms with E-state index in [1.807, 2.05) is 4.68 Å². The fourth-order valence-corrected chi connectivity index (χ4v) is 1.91. The minimum Gasteiger partial charge on any atom is -0.504 e. The van der Waals surface area contributed by atoms with Gasteiger partial charge < -0.3 is 5.11 Å². The summed E-state index contributed by atoms with van der Waals surface area (Å²) in [6, 6.07) is 0.293. The quantitative estimate of drug-likeness (QED) is 0.844. The molecule has 0 bridgehead atoms. The SMILES string of the molecule is CCC(C)c1nn(C(C)C)c(C(C)C)c1O. The normalized spacial score (nSPS) is 13.8. The average Bonchev–Trinajstić information content (AvgIpc) is 2.55. The molecular formula is C13H24N2O. The van der Waals surface area contributed by atoms with Crippen molar-refractivity contribution >= 4 is 0 Å². The lowest BCUT2D eigenvalue weighted by molar-refractivity contribution is 0.442. The minimum absolute atomic E-state index is 0.293. The van der Waals surface area contributed by atoms with Gasteiger partial charge in [-0.15, -0.1) is 0 Å². The van der Waals surface area contributed by atoms with Crippen LogP contribution < -0.4 is 0 Å². The van der Waals surface area contributed by atoms with Crippen LogP contribution in [0.2, 0.25) is 0 Å². The van der Waals surface area contributed by atoms with Crippen LogP contribution in [0.5, 0.6) is 5.75 Å². The van der Waals surface area contributed by atoms with E-state index in [2.05, 4.69) is 46.6 Å². The first kappa shape index (κ1) is 13.1. The molecule has 0 amide bonds. The molecule has 0 aliphatic heterocycles. The molecule has 1 aromatic heterocycles. The van der Waals surface area contributed by atoms with Crippen LogP contribution in [-0.4, -0.2) is 14.9 Å². The molecule has 3 nitrogen and oxygen atoms in total. The summed E-state index contributed by atoms with van der Waals surface area (Å²) in [6.45, 7) is 12.6. The maximum absolute atomic E-state index is 10.2. The van der Waals surface area contributed by atoms with E-state index in [0.717, 1.165) is 17.8 Å². The summed E-state index contributed by atoms with van der Waals surface area (Å²) in [5, 5.41) is 14.8. The third kappa shape index (κ3) is 2.23. The van der Waals surface area contributed by atoms with Crippen molar-refractivity contribution in [1.82, 2.24) is 9.78 Å². The summed E-state index contributed by atoms with van der Waals surface area (Å²) in [5.41, 5.74) is 1.81. The average molecular weight is 224 g/mol. The molecule has 0 spiro atoms. The zero-order valence-corrected chi connectivity index (χ0v) is 11.3. The fraction of sp³-hybridized carbons (Fsp3) is 0.769. The van der Waals surface area contributed by atoms with Crippen molar-refractivity contribution in [3.05, 3.63) is 11.4 Å². The van der Waals surface area contributed by atoms with Crippen molar-refractivity contribution in [2.24, 2.45) is 0 Å². The van der Waals surface area contributed by atoms with E-state index in [-0.39, 0.29) is 0 Å². The van der Waals surface area contributed by atoms with Crippen LogP contribution in [0.4, 0.5) is 0 Å². The lowest BCUT2D eigenvalue weighted by Crippen LogP contribution is -2.09. The van der Waals surface area contributed by atoms with Gasteiger partial charge in [0.1, 0.15) is 5.69 Å². The van der Waals surface area contributed by atoms with Crippen molar-refractivity contribution in [1.29, 1.82) is 0 Å². The van der Waals surface area contributed by atoms with Crippen molar-refractivity contribution in [2.75, 3.05) is 0 Å². The maximum Gasteiger partial charge on any atom is 0.160 e. The first-order chi connectivity index (χ1) is 7.40. The molecule has 1 aromatic rings. The Hall–Kier alpha value is -0.990. The molecular weight excluding hydrogens is 200 g/mol. The van der Waals surface area contributed by atoms with Gasteiger partial charge in [-0.3, -0.25) is 4.68 Å². The van der Waals surface area contributed by atoms with Crippen LogP contribution in [0.25, 0.3) is 0 Å². The summed E-state index contributed by atoms with van der Waals surface area (Å²) in [4.78, 5) is 0. The van der Waals surface area contributed by atoms with E-state index in [9.17, 15) is 5.11 Å². The van der Waals surface area contributed by atoms with E-state index < -0.39 is 0 Å². The molecule has 1 unspecified atom stereocenters. The summed E-state index contributed by atoms with van der Waals surface area (Å²) in [5.74, 6) is 1.02. The van der Waals surface area contributed by atoms with Crippen LogP contribution in [0.1, 0.15) is 77.2 Å². The van der Waals surface area contributed by atoms with Crippen molar-refractivity contribution in [3.63, 3.8) is 0 Å². The number of aromatic hydroxyl groups is 1. The maximum atomic E-state index is 10.2. The van der Waals surface area contributed by atoms with Crippen molar-refractivity contribution in [2.45, 2.75) is 65.8 Å². The second-order valence-corrected chi connectivity index (χ2v) is 5.12. The smallest absolute Gasteiger partial charge is 0.160 e. The number of hydrogen-bond donors (Lipinski definition) is 1. The largest absolute Gasteiger partial charge is 0.504 e. The fourth-order valence-electron chi connectivity index (χ4n) is 1.91. The lowest BCUT2D eigenvalue weighted by atomic mass is 10.0. The van der Waals surface area contributed by atoms with Crippen LogP contribution in [0.3, 0.4) is 0 Å². The molecule has 3 heteroatoms. The predicted octanol–water partition coefficient (Wildman–Crippen LogP) is 3.81. The van der Waals surface area contributed by atoms with Gasteiger partial charge in [0.25, 0.3) is 0 Å². The standard InChI is InChI=1S/C13H24N2O/c1-7-10(6)11-13(16)12(8(2)3)15(14-11)9(4)5/h8-10,16H,7H2,1-6H3. The minimum atomic E-state index is 0.293. The Bertz CT molecular complexity index is 353. The van der Waals surface area contributed by atoms with E-state index in [0.29, 0.717) is 23.6 Å². The van der Waals surface area contributed by atoms with E-state index in [4.69, 9.17) is 0 Å². The van der Waals surface area contributed by atoms with Gasteiger partial charge in [-0.1, -0.05) is 27.7 Å². The molecule has 0 fully saturated rings. The van der Waals surface area contributed by atoms with Gasteiger partial charge in [-0.2, -0.15) is 5.10 Å².